The number of carbonyl (C=O) groups is 1. The minimum atomic E-state index is -0.211. The smallest absolute Gasteiger partial charge is 0.409 e. The number of piperidine rings is 1. The van der Waals surface area contributed by atoms with Crippen molar-refractivity contribution in [2.45, 2.75) is 39.3 Å². The molecule has 6 nitrogen and oxygen atoms in total. The van der Waals surface area contributed by atoms with Crippen molar-refractivity contribution >= 4 is 46.8 Å². The van der Waals surface area contributed by atoms with Crippen molar-refractivity contribution in [3.8, 4) is 0 Å². The molecule has 1 amide bonds. The van der Waals surface area contributed by atoms with E-state index >= 15 is 0 Å². The summed E-state index contributed by atoms with van der Waals surface area (Å²) < 4.78 is 5.09. The monoisotopic (exact) mass is 510 g/mol. The van der Waals surface area contributed by atoms with Crippen molar-refractivity contribution in [2.24, 2.45) is 4.99 Å². The number of aliphatic imine (C=N–C) groups is 1. The second kappa shape index (κ2) is 11.8. The molecule has 29 heavy (non-hydrogen) atoms. The van der Waals surface area contributed by atoms with Crippen molar-refractivity contribution in [3.63, 3.8) is 0 Å². The third-order valence-corrected chi connectivity index (χ3v) is 4.99. The van der Waals surface area contributed by atoms with Crippen LogP contribution in [0.25, 0.3) is 10.8 Å². The van der Waals surface area contributed by atoms with Crippen LogP contribution in [0.3, 0.4) is 0 Å². The number of nitrogens with zero attached hydrogens (tertiary/aromatic N) is 2. The zero-order chi connectivity index (χ0) is 19.8. The summed E-state index contributed by atoms with van der Waals surface area (Å²) in [5.74, 6) is 0.824. The first-order valence-corrected chi connectivity index (χ1v) is 10.1. The summed E-state index contributed by atoms with van der Waals surface area (Å²) in [6.07, 6.45) is 1.56. The van der Waals surface area contributed by atoms with Gasteiger partial charge in [0.05, 0.1) is 13.2 Å². The van der Waals surface area contributed by atoms with Crippen LogP contribution in [0, 0.1) is 0 Å². The van der Waals surface area contributed by atoms with Crippen LogP contribution in [0.1, 0.15) is 32.3 Å². The lowest BCUT2D eigenvalue weighted by Crippen LogP contribution is -2.49. The Labute approximate surface area is 190 Å². The van der Waals surface area contributed by atoms with Gasteiger partial charge in [0.1, 0.15) is 0 Å². The molecule has 1 heterocycles. The molecule has 2 aromatic carbocycles. The molecule has 0 unspecified atom stereocenters. The van der Waals surface area contributed by atoms with Crippen molar-refractivity contribution in [2.75, 3.05) is 26.2 Å². The molecule has 0 aromatic heterocycles. The number of nitrogens with one attached hydrogen (secondary N) is 2. The lowest BCUT2D eigenvalue weighted by atomic mass is 10.0. The molecule has 2 aromatic rings. The highest BCUT2D eigenvalue weighted by molar-refractivity contribution is 14.0. The number of fused-ring (bicyclic) bond motifs is 1. The minimum absolute atomic E-state index is 0. The zero-order valence-corrected chi connectivity index (χ0v) is 19.5. The molecule has 0 atom stereocenters. The minimum Gasteiger partial charge on any atom is -0.450 e. The molecule has 2 N–H and O–H groups in total. The Hall–Kier alpha value is -2.03. The van der Waals surface area contributed by atoms with E-state index in [0.717, 1.165) is 25.3 Å². The van der Waals surface area contributed by atoms with Gasteiger partial charge in [0.25, 0.3) is 0 Å². The highest BCUT2D eigenvalue weighted by atomic mass is 127. The van der Waals surface area contributed by atoms with E-state index in [1.165, 1.54) is 16.3 Å². The molecule has 1 aliphatic heterocycles. The molecule has 0 aliphatic carbocycles. The van der Waals surface area contributed by atoms with Crippen molar-refractivity contribution in [3.05, 3.63) is 48.0 Å². The van der Waals surface area contributed by atoms with Gasteiger partial charge in [-0.1, -0.05) is 42.5 Å². The molecule has 7 heteroatoms. The Morgan fingerprint density at radius 2 is 1.86 bits per heavy atom. The predicted molar refractivity (Wildman–Crippen MR) is 129 cm³/mol. The van der Waals surface area contributed by atoms with Gasteiger partial charge in [-0.2, -0.15) is 0 Å². The fraction of sp³-hybridized carbons (Fsp3) is 0.455. The average molecular weight is 510 g/mol. The van der Waals surface area contributed by atoms with Crippen LogP contribution >= 0.6 is 24.0 Å². The van der Waals surface area contributed by atoms with Crippen molar-refractivity contribution < 1.29 is 9.53 Å². The van der Waals surface area contributed by atoms with E-state index in [9.17, 15) is 4.79 Å². The van der Waals surface area contributed by atoms with Gasteiger partial charge < -0.3 is 20.3 Å². The average Bonchev–Trinajstić information content (AvgIpc) is 2.73. The molecular formula is C22H31IN4O2. The molecule has 1 aliphatic rings. The second-order valence-electron chi connectivity index (χ2n) is 6.94. The maximum atomic E-state index is 11.8. The van der Waals surface area contributed by atoms with E-state index in [0.29, 0.717) is 32.3 Å². The van der Waals surface area contributed by atoms with E-state index in [-0.39, 0.29) is 30.1 Å². The SMILES string of the molecule is CCNC(=NCc1cccc2ccccc12)NC1CCN(C(=O)OCC)CC1.I. The molecule has 0 saturated carbocycles. The zero-order valence-electron chi connectivity index (χ0n) is 17.2. The van der Waals surface area contributed by atoms with E-state index in [1.54, 1.807) is 4.90 Å². The molecule has 1 saturated heterocycles. The number of rotatable bonds is 5. The first-order valence-electron chi connectivity index (χ1n) is 10.1. The van der Waals surface area contributed by atoms with Crippen LogP contribution in [-0.2, 0) is 11.3 Å². The number of likely N-dealkylation sites (tertiary alicyclic amines) is 1. The van der Waals surface area contributed by atoms with Crippen molar-refractivity contribution in [1.29, 1.82) is 0 Å². The van der Waals surface area contributed by atoms with Crippen LogP contribution in [0.15, 0.2) is 47.5 Å². The van der Waals surface area contributed by atoms with Gasteiger partial charge in [0, 0.05) is 25.7 Å². The first kappa shape index (κ1) is 23.3. The van der Waals surface area contributed by atoms with Gasteiger partial charge in [0.15, 0.2) is 5.96 Å². The normalized spacial score (nSPS) is 15.0. The van der Waals surface area contributed by atoms with Gasteiger partial charge in [-0.25, -0.2) is 9.79 Å². The molecular weight excluding hydrogens is 479 g/mol. The predicted octanol–water partition coefficient (Wildman–Crippen LogP) is 4.13. The van der Waals surface area contributed by atoms with Gasteiger partial charge in [-0.05, 0) is 43.0 Å². The second-order valence-corrected chi connectivity index (χ2v) is 6.94. The van der Waals surface area contributed by atoms with E-state index in [1.807, 2.05) is 6.92 Å². The Bertz CT molecular complexity index is 814. The number of ether oxygens (including phenoxy) is 1. The maximum Gasteiger partial charge on any atom is 0.409 e. The van der Waals surface area contributed by atoms with Crippen molar-refractivity contribution in [1.82, 2.24) is 15.5 Å². The quantitative estimate of drug-likeness (QED) is 0.361. The highest BCUT2D eigenvalue weighted by Gasteiger charge is 2.24. The van der Waals surface area contributed by atoms with Crippen LogP contribution < -0.4 is 10.6 Å². The fourth-order valence-corrected chi connectivity index (χ4v) is 3.53. The summed E-state index contributed by atoms with van der Waals surface area (Å²) in [7, 11) is 0. The molecule has 3 rings (SSSR count). The summed E-state index contributed by atoms with van der Waals surface area (Å²) in [5.41, 5.74) is 1.22. The number of benzene rings is 2. The van der Waals surface area contributed by atoms with Gasteiger partial charge in [-0.3, -0.25) is 0 Å². The Morgan fingerprint density at radius 1 is 1.14 bits per heavy atom. The van der Waals surface area contributed by atoms with Crippen LogP contribution in [0.4, 0.5) is 4.79 Å². The summed E-state index contributed by atoms with van der Waals surface area (Å²) >= 11 is 0. The summed E-state index contributed by atoms with van der Waals surface area (Å²) in [4.78, 5) is 18.4. The first-order chi connectivity index (χ1) is 13.7. The van der Waals surface area contributed by atoms with Crippen LogP contribution in [-0.4, -0.2) is 49.2 Å². The molecule has 158 valence electrons. The lowest BCUT2D eigenvalue weighted by Gasteiger charge is -2.32. The number of hydrogen-bond donors (Lipinski definition) is 2. The lowest BCUT2D eigenvalue weighted by molar-refractivity contribution is 0.0963. The number of hydrogen-bond acceptors (Lipinski definition) is 3. The van der Waals surface area contributed by atoms with Gasteiger partial charge in [-0.15, -0.1) is 24.0 Å². The maximum absolute atomic E-state index is 11.8. The summed E-state index contributed by atoms with van der Waals surface area (Å²) in [6.45, 7) is 7.17. The van der Waals surface area contributed by atoms with Crippen LogP contribution in [0.5, 0.6) is 0 Å². The Morgan fingerprint density at radius 3 is 2.59 bits per heavy atom. The van der Waals surface area contributed by atoms with E-state index in [4.69, 9.17) is 9.73 Å². The number of carbonyl (C=O) groups excluding carboxylic acids is 1. The summed E-state index contributed by atoms with van der Waals surface area (Å²) in [6, 6.07) is 15.0. The van der Waals surface area contributed by atoms with E-state index in [2.05, 4.69) is 60.0 Å². The molecule has 0 radical (unpaired) electrons. The van der Waals surface area contributed by atoms with Gasteiger partial charge in [0.2, 0.25) is 0 Å². The third kappa shape index (κ3) is 6.48. The number of guanidine groups is 1. The molecule has 1 fully saturated rings. The summed E-state index contributed by atoms with van der Waals surface area (Å²) in [5, 5.41) is 9.34. The standard InChI is InChI=1S/C22H30N4O2.HI/c1-3-23-21(25-19-12-14-26(15-13-19)22(27)28-4-2)24-16-18-10-7-9-17-8-5-6-11-20(17)18;/h5-11,19H,3-4,12-16H2,1-2H3,(H2,23,24,25);1H. The number of amides is 1. The van der Waals surface area contributed by atoms with Crippen LogP contribution in [0.2, 0.25) is 0 Å². The fourth-order valence-electron chi connectivity index (χ4n) is 3.53. The number of halogens is 1. The third-order valence-electron chi connectivity index (χ3n) is 4.99. The molecule has 0 bridgehead atoms. The Balaban J connectivity index is 0.00000300. The molecule has 0 spiro atoms. The highest BCUT2D eigenvalue weighted by Crippen LogP contribution is 2.19. The Kier molecular flexibility index (Phi) is 9.50. The van der Waals surface area contributed by atoms with E-state index < -0.39 is 0 Å². The largest absolute Gasteiger partial charge is 0.450 e. The topological polar surface area (TPSA) is 66.0 Å². The van der Waals surface area contributed by atoms with Gasteiger partial charge >= 0.3 is 6.09 Å².